The zero-order valence-corrected chi connectivity index (χ0v) is 13.5. The molecule has 1 aromatic heterocycles. The van der Waals surface area contributed by atoms with Gasteiger partial charge in [0, 0.05) is 19.8 Å². The highest BCUT2D eigenvalue weighted by Gasteiger charge is 2.02. The molecule has 116 valence electrons. The lowest BCUT2D eigenvalue weighted by Gasteiger charge is -2.06. The van der Waals surface area contributed by atoms with E-state index in [1.807, 2.05) is 34.6 Å². The zero-order valence-electron chi connectivity index (χ0n) is 13.5. The van der Waals surface area contributed by atoms with E-state index in [4.69, 9.17) is 0 Å². The highest BCUT2D eigenvalue weighted by atomic mass is 16.2. The summed E-state index contributed by atoms with van der Waals surface area (Å²) in [5.41, 5.74) is -0.397. The van der Waals surface area contributed by atoms with Gasteiger partial charge in [0.2, 0.25) is 0 Å². The van der Waals surface area contributed by atoms with Crippen molar-refractivity contribution in [3.63, 3.8) is 0 Å². The molecule has 1 heterocycles. The van der Waals surface area contributed by atoms with Crippen LogP contribution in [0.15, 0.2) is 17.1 Å². The predicted octanol–water partition coefficient (Wildman–Crippen LogP) is 2.75. The summed E-state index contributed by atoms with van der Waals surface area (Å²) in [6.07, 6.45) is 3.50. The smallest absolute Gasteiger partial charge is 0.338 e. The lowest BCUT2D eigenvalue weighted by Crippen LogP contribution is -2.31. The molecule has 0 radical (unpaired) electrons. The van der Waals surface area contributed by atoms with Gasteiger partial charge in [0.15, 0.2) is 0 Å². The van der Waals surface area contributed by atoms with Gasteiger partial charge in [0.1, 0.15) is 5.82 Å². The van der Waals surface area contributed by atoms with Gasteiger partial charge in [0.25, 0.3) is 0 Å². The number of amides is 2. The van der Waals surface area contributed by atoms with Crippen molar-refractivity contribution in [2.24, 2.45) is 7.05 Å². The summed E-state index contributed by atoms with van der Waals surface area (Å²) in [6.45, 7) is 10.7. The molecule has 0 bridgehead atoms. The molecule has 2 N–H and O–H groups in total. The van der Waals surface area contributed by atoms with Crippen molar-refractivity contribution in [1.29, 1.82) is 0 Å². The lowest BCUT2D eigenvalue weighted by atomic mass is 10.3. The summed E-state index contributed by atoms with van der Waals surface area (Å²) in [4.78, 5) is 26.2. The molecule has 0 spiro atoms. The fraction of sp³-hybridized carbons (Fsp3) is 0.643. The second-order valence-corrected chi connectivity index (χ2v) is 3.44. The Labute approximate surface area is 121 Å². The predicted molar refractivity (Wildman–Crippen MR) is 84.1 cm³/mol. The van der Waals surface area contributed by atoms with E-state index in [1.165, 1.54) is 4.57 Å². The maximum Gasteiger partial charge on any atom is 0.349 e. The normalized spacial score (nSPS) is 8.50. The molecule has 1 rings (SSSR count). The summed E-state index contributed by atoms with van der Waals surface area (Å²) in [5.74, 6) is 0.261. The lowest BCUT2D eigenvalue weighted by molar-refractivity contribution is 0.252. The summed E-state index contributed by atoms with van der Waals surface area (Å²) >= 11 is 0. The Balaban J connectivity index is 0. The Morgan fingerprint density at radius 1 is 1.30 bits per heavy atom. The van der Waals surface area contributed by atoms with E-state index in [0.717, 1.165) is 12.8 Å². The molecule has 0 atom stereocenters. The van der Waals surface area contributed by atoms with Gasteiger partial charge in [-0.3, -0.25) is 5.32 Å². The third-order valence-electron chi connectivity index (χ3n) is 2.03. The standard InChI is InChI=1S/C10H16N4O2.2C2H6/c1-3-4-6-11-9(15)12-8-5-7-14(2)10(16)13-8;2*1-2/h5,7H,3-4,6H2,1-2H3,(H2,11,12,13,15,16);2*1-2H3. The number of hydrogen-bond donors (Lipinski definition) is 2. The minimum absolute atomic E-state index is 0.261. The molecule has 1 aromatic rings. The maximum atomic E-state index is 11.3. The number of aryl methyl sites for hydroxylation is 1. The second kappa shape index (κ2) is 13.6. The Hall–Kier alpha value is -1.85. The van der Waals surface area contributed by atoms with Crippen molar-refractivity contribution in [3.05, 3.63) is 22.7 Å². The van der Waals surface area contributed by atoms with Crippen LogP contribution < -0.4 is 16.3 Å². The van der Waals surface area contributed by atoms with Crippen LogP contribution in [0.2, 0.25) is 0 Å². The third kappa shape index (κ3) is 9.13. The first-order valence-electron chi connectivity index (χ1n) is 7.22. The molecule has 20 heavy (non-hydrogen) atoms. The van der Waals surface area contributed by atoms with Crippen molar-refractivity contribution in [3.8, 4) is 0 Å². The van der Waals surface area contributed by atoms with Crippen LogP contribution in [0, 0.1) is 0 Å². The molecular weight excluding hydrogens is 256 g/mol. The van der Waals surface area contributed by atoms with Gasteiger partial charge >= 0.3 is 11.7 Å². The average molecular weight is 284 g/mol. The summed E-state index contributed by atoms with van der Waals surface area (Å²) in [5, 5.41) is 5.16. The van der Waals surface area contributed by atoms with Crippen molar-refractivity contribution >= 4 is 11.8 Å². The molecule has 0 aliphatic rings. The largest absolute Gasteiger partial charge is 0.349 e. The van der Waals surface area contributed by atoms with Crippen LogP contribution in [0.3, 0.4) is 0 Å². The number of rotatable bonds is 4. The number of carbonyl (C=O) groups excluding carboxylic acids is 1. The van der Waals surface area contributed by atoms with Crippen molar-refractivity contribution in [2.75, 3.05) is 11.9 Å². The van der Waals surface area contributed by atoms with Crippen molar-refractivity contribution < 1.29 is 4.79 Å². The van der Waals surface area contributed by atoms with Crippen LogP contribution in [0.25, 0.3) is 0 Å². The number of nitrogens with zero attached hydrogens (tertiary/aromatic N) is 2. The second-order valence-electron chi connectivity index (χ2n) is 3.44. The highest BCUT2D eigenvalue weighted by Crippen LogP contribution is 1.96. The van der Waals surface area contributed by atoms with E-state index in [-0.39, 0.29) is 11.8 Å². The molecule has 0 aliphatic heterocycles. The van der Waals surface area contributed by atoms with Crippen LogP contribution in [0.5, 0.6) is 0 Å². The monoisotopic (exact) mass is 284 g/mol. The number of unbranched alkanes of at least 4 members (excludes halogenated alkanes) is 1. The minimum atomic E-state index is -0.397. The topological polar surface area (TPSA) is 76.0 Å². The van der Waals surface area contributed by atoms with E-state index in [9.17, 15) is 9.59 Å². The molecule has 0 aromatic carbocycles. The fourth-order valence-corrected chi connectivity index (χ4v) is 1.07. The zero-order chi connectivity index (χ0) is 16.0. The number of aromatic nitrogens is 2. The average Bonchev–Trinajstić information content (AvgIpc) is 2.47. The van der Waals surface area contributed by atoms with Crippen LogP contribution in [-0.2, 0) is 7.05 Å². The molecule has 0 saturated carbocycles. The number of hydrogen-bond acceptors (Lipinski definition) is 3. The Morgan fingerprint density at radius 2 is 1.90 bits per heavy atom. The third-order valence-corrected chi connectivity index (χ3v) is 2.03. The van der Waals surface area contributed by atoms with Gasteiger partial charge in [-0.25, -0.2) is 9.59 Å². The molecule has 6 heteroatoms. The van der Waals surface area contributed by atoms with E-state index >= 15 is 0 Å². The van der Waals surface area contributed by atoms with Crippen LogP contribution in [0.4, 0.5) is 10.6 Å². The number of anilines is 1. The van der Waals surface area contributed by atoms with E-state index in [1.54, 1.807) is 19.3 Å². The van der Waals surface area contributed by atoms with E-state index < -0.39 is 5.69 Å². The van der Waals surface area contributed by atoms with E-state index in [2.05, 4.69) is 15.6 Å². The molecule has 0 aliphatic carbocycles. The van der Waals surface area contributed by atoms with Gasteiger partial charge in [-0.2, -0.15) is 4.98 Å². The molecule has 6 nitrogen and oxygen atoms in total. The quantitative estimate of drug-likeness (QED) is 0.835. The molecule has 0 unspecified atom stereocenters. The van der Waals surface area contributed by atoms with Crippen molar-refractivity contribution in [1.82, 2.24) is 14.9 Å². The Morgan fingerprint density at radius 3 is 2.40 bits per heavy atom. The van der Waals surface area contributed by atoms with E-state index in [0.29, 0.717) is 6.54 Å². The van der Waals surface area contributed by atoms with Gasteiger partial charge in [-0.05, 0) is 12.5 Å². The van der Waals surface area contributed by atoms with Crippen molar-refractivity contribution in [2.45, 2.75) is 47.5 Å². The highest BCUT2D eigenvalue weighted by molar-refractivity contribution is 5.87. The first kappa shape index (κ1) is 20.5. The molecular formula is C14H28N4O2. The SMILES string of the molecule is CC.CC.CCCCNC(=O)Nc1ccn(C)c(=O)n1. The summed E-state index contributed by atoms with van der Waals surface area (Å²) in [7, 11) is 1.60. The van der Waals surface area contributed by atoms with Crippen LogP contribution >= 0.6 is 0 Å². The van der Waals surface area contributed by atoms with Crippen LogP contribution in [-0.4, -0.2) is 22.1 Å². The summed E-state index contributed by atoms with van der Waals surface area (Å²) in [6, 6.07) is 1.23. The Kier molecular flexibility index (Phi) is 13.9. The molecule has 0 fully saturated rings. The number of urea groups is 1. The van der Waals surface area contributed by atoms with Crippen LogP contribution in [0.1, 0.15) is 47.5 Å². The fourth-order valence-electron chi connectivity index (χ4n) is 1.07. The number of carbonyl (C=O) groups is 1. The van der Waals surface area contributed by atoms with Gasteiger partial charge in [-0.15, -0.1) is 0 Å². The first-order chi connectivity index (χ1) is 9.63. The number of nitrogens with one attached hydrogen (secondary N) is 2. The molecule has 2 amide bonds. The maximum absolute atomic E-state index is 11.3. The van der Waals surface area contributed by atoms with Gasteiger partial charge in [0.05, 0.1) is 0 Å². The molecule has 0 saturated heterocycles. The summed E-state index contributed by atoms with van der Waals surface area (Å²) < 4.78 is 1.33. The first-order valence-corrected chi connectivity index (χ1v) is 7.22. The minimum Gasteiger partial charge on any atom is -0.338 e. The Bertz CT molecular complexity index is 416. The van der Waals surface area contributed by atoms with Gasteiger partial charge in [-0.1, -0.05) is 41.0 Å². The van der Waals surface area contributed by atoms with Gasteiger partial charge < -0.3 is 9.88 Å².